The second-order valence-corrected chi connectivity index (χ2v) is 2.50. The number of nitrogens with zero attached hydrogens (tertiary/aromatic N) is 1. The molecule has 1 N–H and O–H groups in total. The molecule has 1 aromatic rings. The molecule has 0 saturated heterocycles. The van der Waals surface area contributed by atoms with Gasteiger partial charge in [-0.25, -0.2) is 14.2 Å². The molecule has 1 rings (SSSR count). The molecule has 54 valence electrons. The molecule has 0 aliphatic rings. The maximum atomic E-state index is 12.4. The summed E-state index contributed by atoms with van der Waals surface area (Å²) in [5.74, 6) is -1.49. The van der Waals surface area contributed by atoms with E-state index < -0.39 is 12.1 Å². The average molecular weight is 161 g/mol. The van der Waals surface area contributed by atoms with Crippen LogP contribution in [0, 0.1) is 0 Å². The lowest BCUT2D eigenvalue weighted by molar-refractivity contribution is -0.143. The minimum absolute atomic E-state index is 0.00694. The molecule has 0 bridgehead atoms. The molecule has 0 aliphatic heterocycles. The first-order valence-electron chi connectivity index (χ1n) is 2.48. The average Bonchev–Trinajstić information content (AvgIpc) is 2.36. The van der Waals surface area contributed by atoms with E-state index in [-0.39, 0.29) is 5.01 Å². The Morgan fingerprint density at radius 3 is 3.00 bits per heavy atom. The highest BCUT2D eigenvalue weighted by molar-refractivity contribution is 7.09. The Morgan fingerprint density at radius 2 is 2.60 bits per heavy atom. The summed E-state index contributed by atoms with van der Waals surface area (Å²) in [7, 11) is 0. The molecule has 10 heavy (non-hydrogen) atoms. The zero-order chi connectivity index (χ0) is 7.56. The van der Waals surface area contributed by atoms with Gasteiger partial charge in [0.1, 0.15) is 5.01 Å². The maximum absolute atomic E-state index is 12.4. The van der Waals surface area contributed by atoms with Crippen molar-refractivity contribution in [1.29, 1.82) is 0 Å². The fourth-order valence-corrected chi connectivity index (χ4v) is 1.07. The molecule has 1 atom stereocenters. The summed E-state index contributed by atoms with van der Waals surface area (Å²) in [5.41, 5.74) is 0. The fourth-order valence-electron chi connectivity index (χ4n) is 0.465. The molecule has 0 aromatic carbocycles. The van der Waals surface area contributed by atoms with E-state index in [9.17, 15) is 9.18 Å². The molecule has 0 spiro atoms. The number of aromatic nitrogens is 1. The van der Waals surface area contributed by atoms with Gasteiger partial charge in [-0.3, -0.25) is 0 Å². The monoisotopic (exact) mass is 161 g/mol. The van der Waals surface area contributed by atoms with Gasteiger partial charge < -0.3 is 5.11 Å². The van der Waals surface area contributed by atoms with Crippen molar-refractivity contribution in [3.8, 4) is 0 Å². The van der Waals surface area contributed by atoms with Crippen LogP contribution in [0.5, 0.6) is 0 Å². The lowest BCUT2D eigenvalue weighted by Gasteiger charge is -1.94. The van der Waals surface area contributed by atoms with E-state index in [1.54, 1.807) is 0 Å². The molecule has 0 amide bonds. The van der Waals surface area contributed by atoms with E-state index in [0.29, 0.717) is 0 Å². The molecule has 3 nitrogen and oxygen atoms in total. The van der Waals surface area contributed by atoms with Crippen LogP contribution in [0.3, 0.4) is 0 Å². The van der Waals surface area contributed by atoms with Crippen molar-refractivity contribution in [3.05, 3.63) is 16.6 Å². The number of halogens is 1. The van der Waals surface area contributed by atoms with Gasteiger partial charge in [0.05, 0.1) is 0 Å². The summed E-state index contributed by atoms with van der Waals surface area (Å²) in [5, 5.41) is 9.67. The highest BCUT2D eigenvalue weighted by atomic mass is 32.1. The first-order chi connectivity index (χ1) is 4.72. The zero-order valence-corrected chi connectivity index (χ0v) is 5.64. The van der Waals surface area contributed by atoms with Gasteiger partial charge >= 0.3 is 5.97 Å². The predicted octanol–water partition coefficient (Wildman–Crippen LogP) is 1.24. The van der Waals surface area contributed by atoms with Crippen molar-refractivity contribution in [3.63, 3.8) is 0 Å². The van der Waals surface area contributed by atoms with E-state index >= 15 is 0 Å². The Kier molecular flexibility index (Phi) is 1.96. The number of aliphatic carboxylic acids is 1. The van der Waals surface area contributed by atoms with Gasteiger partial charge in [0.25, 0.3) is 0 Å². The van der Waals surface area contributed by atoms with Crippen LogP contribution < -0.4 is 0 Å². The fraction of sp³-hybridized carbons (Fsp3) is 0.200. The summed E-state index contributed by atoms with van der Waals surface area (Å²) in [6, 6.07) is 0. The summed E-state index contributed by atoms with van der Waals surface area (Å²) in [4.78, 5) is 13.5. The van der Waals surface area contributed by atoms with Gasteiger partial charge in [0.2, 0.25) is 6.17 Å². The van der Waals surface area contributed by atoms with Crippen LogP contribution in [-0.2, 0) is 4.79 Å². The standard InChI is InChI=1S/C5H4FNO2S/c6-3(5(8)9)4-7-1-2-10-4/h1-3H,(H,8,9). The third-order valence-electron chi connectivity index (χ3n) is 0.885. The lowest BCUT2D eigenvalue weighted by atomic mass is 10.4. The SMILES string of the molecule is O=C(O)C(F)c1nccs1. The number of rotatable bonds is 2. The first-order valence-corrected chi connectivity index (χ1v) is 3.36. The van der Waals surface area contributed by atoms with Crippen LogP contribution in [0.1, 0.15) is 11.2 Å². The quantitative estimate of drug-likeness (QED) is 0.709. The number of alkyl halides is 1. The third kappa shape index (κ3) is 1.30. The van der Waals surface area contributed by atoms with Crippen molar-refractivity contribution in [2.24, 2.45) is 0 Å². The topological polar surface area (TPSA) is 50.2 Å². The Bertz CT molecular complexity index is 224. The number of carboxylic acids is 1. The molecule has 0 radical (unpaired) electrons. The number of hydrogen-bond acceptors (Lipinski definition) is 3. The van der Waals surface area contributed by atoms with Crippen LogP contribution in [0.15, 0.2) is 11.6 Å². The minimum atomic E-state index is -1.97. The largest absolute Gasteiger partial charge is 0.479 e. The number of carbonyl (C=O) groups is 1. The molecule has 1 unspecified atom stereocenters. The Labute approximate surface area is 60.1 Å². The van der Waals surface area contributed by atoms with Crippen LogP contribution in [-0.4, -0.2) is 16.1 Å². The van der Waals surface area contributed by atoms with Gasteiger partial charge in [-0.1, -0.05) is 0 Å². The Morgan fingerprint density at radius 1 is 1.90 bits per heavy atom. The minimum Gasteiger partial charge on any atom is -0.479 e. The third-order valence-corrected chi connectivity index (χ3v) is 1.70. The van der Waals surface area contributed by atoms with Gasteiger partial charge in [0.15, 0.2) is 0 Å². The highest BCUT2D eigenvalue weighted by Gasteiger charge is 2.20. The molecule has 0 aliphatic carbocycles. The van der Waals surface area contributed by atoms with Gasteiger partial charge in [-0.15, -0.1) is 11.3 Å². The highest BCUT2D eigenvalue weighted by Crippen LogP contribution is 2.18. The van der Waals surface area contributed by atoms with Crippen LogP contribution in [0.2, 0.25) is 0 Å². The summed E-state index contributed by atoms with van der Waals surface area (Å²) in [6.07, 6.45) is -0.602. The summed E-state index contributed by atoms with van der Waals surface area (Å²) in [6.45, 7) is 0. The van der Waals surface area contributed by atoms with E-state index in [4.69, 9.17) is 5.11 Å². The first kappa shape index (κ1) is 7.14. The molecular weight excluding hydrogens is 157 g/mol. The number of carboxylic acid groups (broad SMARTS) is 1. The zero-order valence-electron chi connectivity index (χ0n) is 4.82. The molecular formula is C5H4FNO2S. The van der Waals surface area contributed by atoms with E-state index in [1.165, 1.54) is 11.6 Å². The van der Waals surface area contributed by atoms with E-state index in [1.807, 2.05) is 0 Å². The van der Waals surface area contributed by atoms with Crippen LogP contribution in [0.25, 0.3) is 0 Å². The van der Waals surface area contributed by atoms with Crippen LogP contribution in [0.4, 0.5) is 4.39 Å². The van der Waals surface area contributed by atoms with Gasteiger partial charge in [0, 0.05) is 11.6 Å². The molecule has 1 aromatic heterocycles. The van der Waals surface area contributed by atoms with Crippen LogP contribution >= 0.6 is 11.3 Å². The smallest absolute Gasteiger partial charge is 0.345 e. The van der Waals surface area contributed by atoms with E-state index in [2.05, 4.69) is 4.98 Å². The van der Waals surface area contributed by atoms with Crippen molar-refractivity contribution < 1.29 is 14.3 Å². The second-order valence-electron chi connectivity index (χ2n) is 1.57. The van der Waals surface area contributed by atoms with Crippen molar-refractivity contribution >= 4 is 17.3 Å². The summed E-state index contributed by atoms with van der Waals surface area (Å²) < 4.78 is 12.4. The second kappa shape index (κ2) is 2.74. The molecule has 0 fully saturated rings. The lowest BCUT2D eigenvalue weighted by Crippen LogP contribution is -2.04. The summed E-state index contributed by atoms with van der Waals surface area (Å²) >= 11 is 0.992. The van der Waals surface area contributed by atoms with Crippen molar-refractivity contribution in [1.82, 2.24) is 4.98 Å². The Balaban J connectivity index is 2.77. The molecule has 5 heteroatoms. The predicted molar refractivity (Wildman–Crippen MR) is 33.6 cm³/mol. The normalized spacial score (nSPS) is 12.9. The van der Waals surface area contributed by atoms with E-state index in [0.717, 1.165) is 11.3 Å². The van der Waals surface area contributed by atoms with Gasteiger partial charge in [-0.05, 0) is 0 Å². The number of hydrogen-bond donors (Lipinski definition) is 1. The van der Waals surface area contributed by atoms with Crippen molar-refractivity contribution in [2.75, 3.05) is 0 Å². The maximum Gasteiger partial charge on any atom is 0.345 e. The van der Waals surface area contributed by atoms with Gasteiger partial charge in [-0.2, -0.15) is 0 Å². The molecule has 1 heterocycles. The molecule has 0 saturated carbocycles. The Hall–Kier alpha value is -0.970. The number of thiazole rings is 1. The van der Waals surface area contributed by atoms with Crippen molar-refractivity contribution in [2.45, 2.75) is 6.17 Å².